The van der Waals surface area contributed by atoms with Crippen molar-refractivity contribution in [2.45, 2.75) is 69.0 Å². The molecule has 0 spiro atoms. The van der Waals surface area contributed by atoms with Gasteiger partial charge < -0.3 is 15.0 Å². The number of carbonyl (C=O) groups is 2. The van der Waals surface area contributed by atoms with Crippen molar-refractivity contribution in [1.82, 2.24) is 10.2 Å². The number of rotatable bonds is 14. The van der Waals surface area contributed by atoms with Crippen molar-refractivity contribution >= 4 is 39.1 Å². The van der Waals surface area contributed by atoms with E-state index in [-0.39, 0.29) is 35.5 Å². The number of anilines is 1. The van der Waals surface area contributed by atoms with Gasteiger partial charge in [0.25, 0.3) is 10.0 Å². The summed E-state index contributed by atoms with van der Waals surface area (Å²) in [7, 11) is -4.25. The SMILES string of the molecule is CCOc1ccccc1N(CC(=O)N(Cc1cccc(Cl)c1)[C@H](Cc1ccccc1)C(=O)NC1CCCCC1)S(=O)(=O)c1ccccc1. The molecule has 2 amide bonds. The molecule has 252 valence electrons. The van der Waals surface area contributed by atoms with Gasteiger partial charge in [0, 0.05) is 24.0 Å². The summed E-state index contributed by atoms with van der Waals surface area (Å²) < 4.78 is 35.5. The molecule has 0 saturated heterocycles. The molecule has 0 bridgehead atoms. The molecule has 1 aliphatic rings. The Labute approximate surface area is 288 Å². The van der Waals surface area contributed by atoms with Crippen LogP contribution in [-0.2, 0) is 32.6 Å². The van der Waals surface area contributed by atoms with Crippen LogP contribution in [0.25, 0.3) is 0 Å². The predicted octanol–water partition coefficient (Wildman–Crippen LogP) is 7.02. The number of ether oxygens (including phenoxy) is 1. The average Bonchev–Trinajstić information content (AvgIpc) is 3.10. The zero-order valence-electron chi connectivity index (χ0n) is 27.1. The molecule has 1 fully saturated rings. The fourth-order valence-corrected chi connectivity index (χ4v) is 7.76. The summed E-state index contributed by atoms with van der Waals surface area (Å²) in [6.07, 6.45) is 5.20. The maximum atomic E-state index is 14.8. The summed E-state index contributed by atoms with van der Waals surface area (Å²) in [6.45, 7) is 1.58. The van der Waals surface area contributed by atoms with E-state index in [1.54, 1.807) is 60.7 Å². The number of carbonyl (C=O) groups excluding carboxylic acids is 2. The minimum Gasteiger partial charge on any atom is -0.492 e. The van der Waals surface area contributed by atoms with Crippen molar-refractivity contribution in [3.63, 3.8) is 0 Å². The number of para-hydroxylation sites is 2. The quantitative estimate of drug-likeness (QED) is 0.154. The highest BCUT2D eigenvalue weighted by molar-refractivity contribution is 7.92. The molecule has 10 heteroatoms. The Morgan fingerprint density at radius 1 is 0.854 bits per heavy atom. The number of hydrogen-bond acceptors (Lipinski definition) is 5. The third-order valence-electron chi connectivity index (χ3n) is 8.51. The number of nitrogens with zero attached hydrogens (tertiary/aromatic N) is 2. The van der Waals surface area contributed by atoms with Crippen LogP contribution in [0.5, 0.6) is 5.75 Å². The predicted molar refractivity (Wildman–Crippen MR) is 190 cm³/mol. The second-order valence-electron chi connectivity index (χ2n) is 11.9. The zero-order chi connectivity index (χ0) is 33.9. The van der Waals surface area contributed by atoms with E-state index in [9.17, 15) is 18.0 Å². The first-order valence-corrected chi connectivity index (χ1v) is 18.3. The molecule has 0 aliphatic heterocycles. The molecule has 0 heterocycles. The number of nitrogens with one attached hydrogen (secondary N) is 1. The molecule has 0 aromatic heterocycles. The van der Waals surface area contributed by atoms with Gasteiger partial charge in [-0.05, 0) is 67.3 Å². The second kappa shape index (κ2) is 16.7. The van der Waals surface area contributed by atoms with Crippen molar-refractivity contribution in [3.05, 3.63) is 125 Å². The van der Waals surface area contributed by atoms with Gasteiger partial charge in [0.15, 0.2) is 0 Å². The van der Waals surface area contributed by atoms with E-state index in [4.69, 9.17) is 16.3 Å². The lowest BCUT2D eigenvalue weighted by Gasteiger charge is -2.35. The summed E-state index contributed by atoms with van der Waals surface area (Å²) in [5.74, 6) is -0.488. The Balaban J connectivity index is 1.58. The summed E-state index contributed by atoms with van der Waals surface area (Å²) in [4.78, 5) is 30.5. The Morgan fingerprint density at radius 3 is 2.19 bits per heavy atom. The van der Waals surface area contributed by atoms with Crippen molar-refractivity contribution in [3.8, 4) is 5.75 Å². The molecule has 5 rings (SSSR count). The van der Waals surface area contributed by atoms with Gasteiger partial charge in [0.05, 0.1) is 17.2 Å². The molecule has 1 atom stereocenters. The van der Waals surface area contributed by atoms with Crippen molar-refractivity contribution < 1.29 is 22.7 Å². The van der Waals surface area contributed by atoms with Gasteiger partial charge in [0.2, 0.25) is 11.8 Å². The molecule has 4 aromatic rings. The van der Waals surface area contributed by atoms with Crippen LogP contribution in [-0.4, -0.2) is 50.4 Å². The van der Waals surface area contributed by atoms with Gasteiger partial charge in [-0.3, -0.25) is 13.9 Å². The van der Waals surface area contributed by atoms with Crippen LogP contribution in [0.1, 0.15) is 50.2 Å². The van der Waals surface area contributed by atoms with E-state index >= 15 is 0 Å². The highest BCUT2D eigenvalue weighted by atomic mass is 35.5. The van der Waals surface area contributed by atoms with E-state index in [2.05, 4.69) is 5.32 Å². The van der Waals surface area contributed by atoms with Crippen LogP contribution in [0.2, 0.25) is 5.02 Å². The molecule has 48 heavy (non-hydrogen) atoms. The minimum atomic E-state index is -4.25. The highest BCUT2D eigenvalue weighted by Crippen LogP contribution is 2.33. The van der Waals surface area contributed by atoms with Gasteiger partial charge in [-0.1, -0.05) is 104 Å². The standard InChI is InChI=1S/C38H42ClN3O5S/c1-2-47-36-24-13-12-23-34(36)42(48(45,46)33-21-10-5-11-22-33)28-37(43)41(27-30-17-14-18-31(39)25-30)35(26-29-15-6-3-7-16-29)38(44)40-32-19-8-4-9-20-32/h3,5-7,10-18,21-25,32,35H,2,4,8-9,19-20,26-28H2,1H3,(H,40,44)/t35-/m1/s1. The van der Waals surface area contributed by atoms with E-state index in [0.717, 1.165) is 42.0 Å². The molecule has 8 nitrogen and oxygen atoms in total. The average molecular weight is 688 g/mol. The third-order valence-corrected chi connectivity index (χ3v) is 10.5. The van der Waals surface area contributed by atoms with Crippen LogP contribution in [0.3, 0.4) is 0 Å². The fraction of sp³-hybridized carbons (Fsp3) is 0.316. The normalized spacial score (nSPS) is 14.1. The summed E-state index contributed by atoms with van der Waals surface area (Å²) in [5.41, 5.74) is 1.82. The smallest absolute Gasteiger partial charge is 0.264 e. The minimum absolute atomic E-state index is 0.0145. The van der Waals surface area contributed by atoms with Crippen LogP contribution >= 0.6 is 11.6 Å². The Kier molecular flexibility index (Phi) is 12.1. The maximum absolute atomic E-state index is 14.8. The lowest BCUT2D eigenvalue weighted by molar-refractivity contribution is -0.140. The number of hydrogen-bond donors (Lipinski definition) is 1. The molecule has 4 aromatic carbocycles. The first-order valence-electron chi connectivity index (χ1n) is 16.4. The molecular weight excluding hydrogens is 646 g/mol. The number of amides is 2. The number of sulfonamides is 1. The molecule has 0 unspecified atom stereocenters. The molecular formula is C38H42ClN3O5S. The van der Waals surface area contributed by atoms with Crippen LogP contribution in [0.15, 0.2) is 114 Å². The van der Waals surface area contributed by atoms with Crippen molar-refractivity contribution in [2.24, 2.45) is 0 Å². The van der Waals surface area contributed by atoms with Gasteiger partial charge in [-0.2, -0.15) is 0 Å². The highest BCUT2D eigenvalue weighted by Gasteiger charge is 2.36. The lowest BCUT2D eigenvalue weighted by Crippen LogP contribution is -2.55. The van der Waals surface area contributed by atoms with Crippen LogP contribution in [0, 0.1) is 0 Å². The lowest BCUT2D eigenvalue weighted by atomic mass is 9.94. The maximum Gasteiger partial charge on any atom is 0.264 e. The largest absolute Gasteiger partial charge is 0.492 e. The third kappa shape index (κ3) is 8.96. The van der Waals surface area contributed by atoms with Gasteiger partial charge in [-0.15, -0.1) is 0 Å². The zero-order valence-corrected chi connectivity index (χ0v) is 28.7. The van der Waals surface area contributed by atoms with E-state index in [1.807, 2.05) is 43.3 Å². The molecule has 1 aliphatic carbocycles. The van der Waals surface area contributed by atoms with Crippen LogP contribution < -0.4 is 14.4 Å². The summed E-state index contributed by atoms with van der Waals surface area (Å²) in [6, 6.07) is 30.5. The van der Waals surface area contributed by atoms with Crippen LogP contribution in [0.4, 0.5) is 5.69 Å². The topological polar surface area (TPSA) is 96.0 Å². The molecule has 0 radical (unpaired) electrons. The summed E-state index contributed by atoms with van der Waals surface area (Å²) in [5, 5.41) is 3.72. The van der Waals surface area contributed by atoms with E-state index in [1.165, 1.54) is 17.0 Å². The number of benzene rings is 4. The van der Waals surface area contributed by atoms with Gasteiger partial charge >= 0.3 is 0 Å². The van der Waals surface area contributed by atoms with Gasteiger partial charge in [-0.25, -0.2) is 8.42 Å². The van der Waals surface area contributed by atoms with Gasteiger partial charge in [0.1, 0.15) is 18.3 Å². The van der Waals surface area contributed by atoms with E-state index in [0.29, 0.717) is 22.9 Å². The Bertz CT molecular complexity index is 1770. The Hall–Kier alpha value is -4.34. The monoisotopic (exact) mass is 687 g/mol. The first kappa shape index (κ1) is 35.0. The fourth-order valence-electron chi connectivity index (χ4n) is 6.10. The summed E-state index contributed by atoms with van der Waals surface area (Å²) >= 11 is 6.36. The number of halogens is 1. The molecule has 1 saturated carbocycles. The second-order valence-corrected chi connectivity index (χ2v) is 14.2. The van der Waals surface area contributed by atoms with E-state index < -0.39 is 28.5 Å². The molecule has 1 N–H and O–H groups in total. The first-order chi connectivity index (χ1) is 23.3. The van der Waals surface area contributed by atoms with Crippen molar-refractivity contribution in [1.29, 1.82) is 0 Å². The Morgan fingerprint density at radius 2 is 1.50 bits per heavy atom. The van der Waals surface area contributed by atoms with Crippen molar-refractivity contribution in [2.75, 3.05) is 17.5 Å².